The lowest BCUT2D eigenvalue weighted by molar-refractivity contribution is 0.0784. The van der Waals surface area contributed by atoms with Crippen LogP contribution in [0.15, 0.2) is 18.2 Å². The summed E-state index contributed by atoms with van der Waals surface area (Å²) >= 11 is 13.3. The number of anilines is 1. The summed E-state index contributed by atoms with van der Waals surface area (Å²) in [6, 6.07) is 6.16. The van der Waals surface area contributed by atoms with Crippen molar-refractivity contribution in [3.63, 3.8) is 0 Å². The van der Waals surface area contributed by atoms with Crippen LogP contribution < -0.4 is 15.4 Å². The third kappa shape index (κ3) is 5.38. The molecule has 0 radical (unpaired) electrons. The standard InChI is InChI=1S/C24H31Cl2N5O2/c1-4-16-12-21(28-9-8-27-17-6-10-32-11-7-17)31-24(29-16)22(15(3)30-31)23-19(25)13-18(33-5-2)14-20(23)26/h12-14,17,27-28H,4-11H2,1-3H3. The highest BCUT2D eigenvalue weighted by Crippen LogP contribution is 2.41. The summed E-state index contributed by atoms with van der Waals surface area (Å²) in [5.74, 6) is 1.55. The van der Waals surface area contributed by atoms with E-state index >= 15 is 0 Å². The monoisotopic (exact) mass is 491 g/mol. The van der Waals surface area contributed by atoms with Gasteiger partial charge < -0.3 is 20.1 Å². The van der Waals surface area contributed by atoms with Gasteiger partial charge >= 0.3 is 0 Å². The zero-order valence-electron chi connectivity index (χ0n) is 19.4. The van der Waals surface area contributed by atoms with Gasteiger partial charge in [0.15, 0.2) is 5.65 Å². The van der Waals surface area contributed by atoms with Gasteiger partial charge in [-0.1, -0.05) is 30.1 Å². The van der Waals surface area contributed by atoms with Gasteiger partial charge in [0.1, 0.15) is 11.6 Å². The fraction of sp³-hybridized carbons (Fsp3) is 0.500. The van der Waals surface area contributed by atoms with E-state index in [4.69, 9.17) is 42.8 Å². The highest BCUT2D eigenvalue weighted by atomic mass is 35.5. The molecule has 0 amide bonds. The van der Waals surface area contributed by atoms with Crippen LogP contribution in [0.5, 0.6) is 5.75 Å². The first-order valence-corrected chi connectivity index (χ1v) is 12.3. The molecule has 0 spiro atoms. The maximum atomic E-state index is 6.66. The molecule has 1 aliphatic rings. The van der Waals surface area contributed by atoms with E-state index in [1.807, 2.05) is 18.4 Å². The second-order valence-electron chi connectivity index (χ2n) is 8.14. The number of hydrogen-bond acceptors (Lipinski definition) is 6. The van der Waals surface area contributed by atoms with Crippen LogP contribution in [0, 0.1) is 6.92 Å². The fourth-order valence-corrected chi connectivity index (χ4v) is 4.84. The van der Waals surface area contributed by atoms with Crippen molar-refractivity contribution < 1.29 is 9.47 Å². The number of nitrogens with one attached hydrogen (secondary N) is 2. The maximum absolute atomic E-state index is 6.66. The number of aryl methyl sites for hydroxylation is 2. The lowest BCUT2D eigenvalue weighted by Crippen LogP contribution is -2.37. The Kier molecular flexibility index (Phi) is 7.96. The van der Waals surface area contributed by atoms with Crippen molar-refractivity contribution in [2.45, 2.75) is 46.1 Å². The van der Waals surface area contributed by atoms with E-state index in [0.29, 0.717) is 28.4 Å². The number of rotatable bonds is 9. The Hall–Kier alpha value is -2.06. The zero-order valence-corrected chi connectivity index (χ0v) is 20.9. The van der Waals surface area contributed by atoms with E-state index in [0.717, 1.165) is 79.5 Å². The lowest BCUT2D eigenvalue weighted by Gasteiger charge is -2.23. The minimum absolute atomic E-state index is 0.517. The summed E-state index contributed by atoms with van der Waals surface area (Å²) in [6.07, 6.45) is 2.93. The van der Waals surface area contributed by atoms with E-state index in [1.54, 1.807) is 12.1 Å². The number of benzene rings is 1. The highest BCUT2D eigenvalue weighted by Gasteiger charge is 2.22. The molecule has 1 saturated heterocycles. The van der Waals surface area contributed by atoms with Gasteiger partial charge in [0, 0.05) is 49.7 Å². The molecule has 7 nitrogen and oxygen atoms in total. The Morgan fingerprint density at radius 3 is 2.48 bits per heavy atom. The number of fused-ring (bicyclic) bond motifs is 1. The van der Waals surface area contributed by atoms with Gasteiger partial charge in [-0.15, -0.1) is 0 Å². The summed E-state index contributed by atoms with van der Waals surface area (Å²) < 4.78 is 12.9. The molecule has 0 saturated carbocycles. The molecular weight excluding hydrogens is 461 g/mol. The Balaban J connectivity index is 1.64. The van der Waals surface area contributed by atoms with Gasteiger partial charge in [-0.3, -0.25) is 0 Å². The largest absolute Gasteiger partial charge is 0.494 e. The minimum Gasteiger partial charge on any atom is -0.494 e. The zero-order chi connectivity index (χ0) is 23.4. The van der Waals surface area contributed by atoms with Crippen LogP contribution >= 0.6 is 23.2 Å². The first-order chi connectivity index (χ1) is 16.0. The Morgan fingerprint density at radius 2 is 1.82 bits per heavy atom. The van der Waals surface area contributed by atoms with Gasteiger partial charge in [0.2, 0.25) is 0 Å². The number of aromatic nitrogens is 3. The first kappa shape index (κ1) is 24.1. The molecule has 4 rings (SSSR count). The van der Waals surface area contributed by atoms with Crippen LogP contribution in [0.2, 0.25) is 10.0 Å². The smallest absolute Gasteiger partial charge is 0.165 e. The molecule has 33 heavy (non-hydrogen) atoms. The van der Waals surface area contributed by atoms with Crippen LogP contribution in [-0.4, -0.2) is 53.6 Å². The summed E-state index contributed by atoms with van der Waals surface area (Å²) in [7, 11) is 0. The maximum Gasteiger partial charge on any atom is 0.165 e. The summed E-state index contributed by atoms with van der Waals surface area (Å²) in [5.41, 5.74) is 4.09. The second kappa shape index (κ2) is 10.9. The summed E-state index contributed by atoms with van der Waals surface area (Å²) in [4.78, 5) is 4.88. The van der Waals surface area contributed by atoms with Crippen molar-refractivity contribution in [2.75, 3.05) is 38.2 Å². The summed E-state index contributed by atoms with van der Waals surface area (Å²) in [5, 5.41) is 13.0. The quantitative estimate of drug-likeness (QED) is 0.403. The predicted molar refractivity (Wildman–Crippen MR) is 134 cm³/mol. The third-order valence-electron chi connectivity index (χ3n) is 5.84. The molecule has 0 aliphatic carbocycles. The Labute approximate surface area is 204 Å². The second-order valence-corrected chi connectivity index (χ2v) is 8.96. The van der Waals surface area contributed by atoms with Crippen molar-refractivity contribution in [2.24, 2.45) is 0 Å². The molecule has 1 aromatic carbocycles. The van der Waals surface area contributed by atoms with Crippen molar-refractivity contribution in [3.05, 3.63) is 39.6 Å². The van der Waals surface area contributed by atoms with Crippen molar-refractivity contribution >= 4 is 34.7 Å². The third-order valence-corrected chi connectivity index (χ3v) is 6.44. The minimum atomic E-state index is 0.517. The normalized spacial score (nSPS) is 14.7. The van der Waals surface area contributed by atoms with Crippen molar-refractivity contribution in [3.8, 4) is 16.9 Å². The van der Waals surface area contributed by atoms with Gasteiger partial charge in [-0.2, -0.15) is 9.61 Å². The van der Waals surface area contributed by atoms with Gasteiger partial charge in [0.25, 0.3) is 0 Å². The molecule has 2 aromatic heterocycles. The SMILES string of the molecule is CCOc1cc(Cl)c(-c2c(C)nn3c(NCCNC4CCOCC4)cc(CC)nc23)c(Cl)c1. The molecule has 0 bridgehead atoms. The number of ether oxygens (including phenoxy) is 2. The topological polar surface area (TPSA) is 72.7 Å². The Bertz CT molecular complexity index is 1090. The van der Waals surface area contributed by atoms with Crippen molar-refractivity contribution in [1.29, 1.82) is 0 Å². The average Bonchev–Trinajstić information content (AvgIpc) is 3.13. The number of halogens is 2. The predicted octanol–water partition coefficient (Wildman–Crippen LogP) is 5.15. The molecular formula is C24H31Cl2N5O2. The molecule has 2 N–H and O–H groups in total. The average molecular weight is 492 g/mol. The van der Waals surface area contributed by atoms with Crippen LogP contribution in [-0.2, 0) is 11.2 Å². The molecule has 3 heterocycles. The van der Waals surface area contributed by atoms with E-state index in [-0.39, 0.29) is 0 Å². The van der Waals surface area contributed by atoms with E-state index in [1.165, 1.54) is 0 Å². The van der Waals surface area contributed by atoms with Crippen LogP contribution in [0.1, 0.15) is 38.1 Å². The van der Waals surface area contributed by atoms with Gasteiger partial charge in [-0.05, 0) is 45.2 Å². The fourth-order valence-electron chi connectivity index (χ4n) is 4.18. The molecule has 0 unspecified atom stereocenters. The van der Waals surface area contributed by atoms with E-state index in [9.17, 15) is 0 Å². The first-order valence-electron chi connectivity index (χ1n) is 11.6. The molecule has 3 aromatic rings. The van der Waals surface area contributed by atoms with E-state index in [2.05, 4.69) is 23.6 Å². The molecule has 0 atom stereocenters. The molecule has 1 fully saturated rings. The van der Waals surface area contributed by atoms with Gasteiger partial charge in [-0.25, -0.2) is 4.98 Å². The van der Waals surface area contributed by atoms with Gasteiger partial charge in [0.05, 0.1) is 27.9 Å². The van der Waals surface area contributed by atoms with Crippen LogP contribution in [0.4, 0.5) is 5.82 Å². The van der Waals surface area contributed by atoms with Crippen LogP contribution in [0.3, 0.4) is 0 Å². The number of hydrogen-bond donors (Lipinski definition) is 2. The van der Waals surface area contributed by atoms with Crippen LogP contribution in [0.25, 0.3) is 16.8 Å². The Morgan fingerprint density at radius 1 is 1.09 bits per heavy atom. The van der Waals surface area contributed by atoms with E-state index < -0.39 is 0 Å². The highest BCUT2D eigenvalue weighted by molar-refractivity contribution is 6.39. The number of nitrogens with zero attached hydrogens (tertiary/aromatic N) is 3. The lowest BCUT2D eigenvalue weighted by atomic mass is 10.1. The molecule has 1 aliphatic heterocycles. The van der Waals surface area contributed by atoms with Crippen molar-refractivity contribution in [1.82, 2.24) is 19.9 Å². The molecule has 178 valence electrons. The molecule has 9 heteroatoms. The summed E-state index contributed by atoms with van der Waals surface area (Å²) in [6.45, 7) is 9.82.